The van der Waals surface area contributed by atoms with Gasteiger partial charge in [0.15, 0.2) is 0 Å². The number of hydrogen-bond acceptors (Lipinski definition) is 2. The Bertz CT molecular complexity index is 380. The Morgan fingerprint density at radius 2 is 1.89 bits per heavy atom. The maximum atomic E-state index is 4.61. The highest BCUT2D eigenvalue weighted by molar-refractivity contribution is 5.32. The first kappa shape index (κ1) is 13.4. The first-order valence-corrected chi connectivity index (χ1v) is 7.27. The monoisotopic (exact) mass is 249 g/mol. The summed E-state index contributed by atoms with van der Waals surface area (Å²) in [6.07, 6.45) is 4.77. The molecule has 3 nitrogen and oxygen atoms in total. The van der Waals surface area contributed by atoms with Gasteiger partial charge in [0.25, 0.3) is 0 Å². The molecule has 0 bridgehead atoms. The van der Waals surface area contributed by atoms with E-state index in [1.54, 1.807) is 0 Å². The predicted octanol–water partition coefficient (Wildman–Crippen LogP) is 3.69. The highest BCUT2D eigenvalue weighted by Gasteiger charge is 2.24. The number of hydrogen-bond donors (Lipinski definition) is 1. The number of aryl methyl sites for hydroxylation is 1. The normalized spacial score (nSPS) is 16.0. The van der Waals surface area contributed by atoms with Crippen LogP contribution in [-0.4, -0.2) is 15.6 Å². The van der Waals surface area contributed by atoms with E-state index in [1.807, 2.05) is 0 Å². The Balaban J connectivity index is 2.10. The van der Waals surface area contributed by atoms with Gasteiger partial charge in [-0.25, -0.2) is 4.98 Å². The van der Waals surface area contributed by atoms with Crippen molar-refractivity contribution in [3.63, 3.8) is 0 Å². The first-order valence-electron chi connectivity index (χ1n) is 7.27. The maximum Gasteiger partial charge on any atom is 0.203 e. The minimum atomic E-state index is 0.669. The minimum absolute atomic E-state index is 0.669. The molecule has 0 amide bonds. The molecule has 1 aliphatic rings. The fourth-order valence-electron chi connectivity index (χ4n) is 2.63. The van der Waals surface area contributed by atoms with Crippen LogP contribution in [0.5, 0.6) is 0 Å². The minimum Gasteiger partial charge on any atom is -0.353 e. The topological polar surface area (TPSA) is 29.9 Å². The summed E-state index contributed by atoms with van der Waals surface area (Å²) in [6, 6.07) is 0.669. The van der Waals surface area contributed by atoms with Crippen molar-refractivity contribution in [2.45, 2.75) is 60.0 Å². The summed E-state index contributed by atoms with van der Waals surface area (Å²) in [5, 5.41) is 3.54. The van der Waals surface area contributed by atoms with Crippen LogP contribution < -0.4 is 5.32 Å². The van der Waals surface area contributed by atoms with Gasteiger partial charge in [-0.2, -0.15) is 0 Å². The van der Waals surface area contributed by atoms with Gasteiger partial charge < -0.3 is 9.88 Å². The van der Waals surface area contributed by atoms with Crippen molar-refractivity contribution in [3.8, 4) is 0 Å². The summed E-state index contributed by atoms with van der Waals surface area (Å²) in [6.45, 7) is 12.4. The number of imidazole rings is 1. The predicted molar refractivity (Wildman–Crippen MR) is 76.8 cm³/mol. The molecule has 0 saturated heterocycles. The molecule has 1 aromatic rings. The van der Waals surface area contributed by atoms with E-state index in [9.17, 15) is 0 Å². The standard InChI is InChI=1S/C15H27N3/c1-10(2)14(11(3)4)9-18-8-12(5)16-15(18)17-13-6-7-13/h8,10-11,13-14H,6-7,9H2,1-5H3,(H,16,17). The molecule has 1 fully saturated rings. The summed E-state index contributed by atoms with van der Waals surface area (Å²) in [5.41, 5.74) is 1.12. The summed E-state index contributed by atoms with van der Waals surface area (Å²) >= 11 is 0. The Kier molecular flexibility index (Phi) is 3.98. The molecule has 1 heterocycles. The molecule has 1 N–H and O–H groups in total. The van der Waals surface area contributed by atoms with Gasteiger partial charge in [0.2, 0.25) is 5.95 Å². The smallest absolute Gasteiger partial charge is 0.203 e. The lowest BCUT2D eigenvalue weighted by Gasteiger charge is -2.26. The molecule has 1 aromatic heterocycles. The molecule has 102 valence electrons. The zero-order valence-electron chi connectivity index (χ0n) is 12.4. The SMILES string of the molecule is Cc1cn(CC(C(C)C)C(C)C)c(NC2CC2)n1. The zero-order valence-corrected chi connectivity index (χ0v) is 12.4. The van der Waals surface area contributed by atoms with Gasteiger partial charge in [-0.1, -0.05) is 27.7 Å². The van der Waals surface area contributed by atoms with E-state index >= 15 is 0 Å². The quantitative estimate of drug-likeness (QED) is 0.833. The van der Waals surface area contributed by atoms with Gasteiger partial charge in [-0.05, 0) is 37.5 Å². The van der Waals surface area contributed by atoms with Gasteiger partial charge in [-0.15, -0.1) is 0 Å². The lowest BCUT2D eigenvalue weighted by Crippen LogP contribution is -2.22. The Hall–Kier alpha value is -0.990. The van der Waals surface area contributed by atoms with E-state index in [0.717, 1.165) is 18.2 Å². The van der Waals surface area contributed by atoms with Crippen LogP contribution in [0, 0.1) is 24.7 Å². The van der Waals surface area contributed by atoms with Gasteiger partial charge in [0.05, 0.1) is 5.69 Å². The Morgan fingerprint density at radius 3 is 2.39 bits per heavy atom. The van der Waals surface area contributed by atoms with Crippen molar-refractivity contribution in [3.05, 3.63) is 11.9 Å². The Labute approximate surface area is 111 Å². The molecule has 3 heteroatoms. The van der Waals surface area contributed by atoms with Gasteiger partial charge in [-0.3, -0.25) is 0 Å². The van der Waals surface area contributed by atoms with E-state index < -0.39 is 0 Å². The van der Waals surface area contributed by atoms with Crippen LogP contribution in [0.1, 0.15) is 46.2 Å². The van der Waals surface area contributed by atoms with Gasteiger partial charge >= 0.3 is 0 Å². The van der Waals surface area contributed by atoms with E-state index in [4.69, 9.17) is 0 Å². The van der Waals surface area contributed by atoms with Crippen LogP contribution in [0.4, 0.5) is 5.95 Å². The summed E-state index contributed by atoms with van der Waals surface area (Å²) < 4.78 is 2.32. The largest absolute Gasteiger partial charge is 0.353 e. The molecule has 0 radical (unpaired) electrons. The van der Waals surface area contributed by atoms with Crippen LogP contribution in [0.3, 0.4) is 0 Å². The molecule has 1 aliphatic carbocycles. The summed E-state index contributed by atoms with van der Waals surface area (Å²) in [7, 11) is 0. The van der Waals surface area contributed by atoms with Crippen molar-refractivity contribution in [2.75, 3.05) is 5.32 Å². The van der Waals surface area contributed by atoms with Crippen LogP contribution in [0.2, 0.25) is 0 Å². The van der Waals surface area contributed by atoms with Gasteiger partial charge in [0.1, 0.15) is 0 Å². The second kappa shape index (κ2) is 5.33. The molecule has 0 spiro atoms. The average molecular weight is 249 g/mol. The van der Waals surface area contributed by atoms with Crippen molar-refractivity contribution < 1.29 is 0 Å². The molecule has 18 heavy (non-hydrogen) atoms. The number of nitrogens with zero attached hydrogens (tertiary/aromatic N) is 2. The molecule has 2 rings (SSSR count). The average Bonchev–Trinajstić information content (AvgIpc) is 2.99. The molecular formula is C15H27N3. The van der Waals surface area contributed by atoms with Crippen molar-refractivity contribution in [2.24, 2.45) is 17.8 Å². The van der Waals surface area contributed by atoms with Crippen molar-refractivity contribution >= 4 is 5.95 Å². The number of aromatic nitrogens is 2. The highest BCUT2D eigenvalue weighted by atomic mass is 15.2. The van der Waals surface area contributed by atoms with E-state index in [1.165, 1.54) is 12.8 Å². The lowest BCUT2D eigenvalue weighted by atomic mass is 9.85. The second-order valence-corrected chi connectivity index (χ2v) is 6.43. The summed E-state index contributed by atoms with van der Waals surface area (Å²) in [4.78, 5) is 4.61. The van der Waals surface area contributed by atoms with Crippen LogP contribution in [-0.2, 0) is 6.54 Å². The van der Waals surface area contributed by atoms with Crippen LogP contribution >= 0.6 is 0 Å². The molecule has 0 atom stereocenters. The number of nitrogens with one attached hydrogen (secondary N) is 1. The van der Waals surface area contributed by atoms with E-state index in [0.29, 0.717) is 23.8 Å². The van der Waals surface area contributed by atoms with Crippen LogP contribution in [0.15, 0.2) is 6.20 Å². The van der Waals surface area contributed by atoms with E-state index in [-0.39, 0.29) is 0 Å². The van der Waals surface area contributed by atoms with Crippen molar-refractivity contribution in [1.29, 1.82) is 0 Å². The highest BCUT2D eigenvalue weighted by Crippen LogP contribution is 2.27. The molecular weight excluding hydrogens is 222 g/mol. The lowest BCUT2D eigenvalue weighted by molar-refractivity contribution is 0.253. The molecule has 0 unspecified atom stereocenters. The summed E-state index contributed by atoms with van der Waals surface area (Å²) in [5.74, 6) is 3.20. The maximum absolute atomic E-state index is 4.61. The number of anilines is 1. The number of rotatable bonds is 6. The molecule has 0 aliphatic heterocycles. The van der Waals surface area contributed by atoms with Crippen molar-refractivity contribution in [1.82, 2.24) is 9.55 Å². The van der Waals surface area contributed by atoms with Crippen LogP contribution in [0.25, 0.3) is 0 Å². The third kappa shape index (κ3) is 3.27. The fraction of sp³-hybridized carbons (Fsp3) is 0.800. The van der Waals surface area contributed by atoms with Gasteiger partial charge in [0, 0.05) is 18.8 Å². The second-order valence-electron chi connectivity index (χ2n) is 6.43. The molecule has 1 saturated carbocycles. The fourth-order valence-corrected chi connectivity index (χ4v) is 2.63. The van der Waals surface area contributed by atoms with E-state index in [2.05, 4.69) is 55.7 Å². The molecule has 0 aromatic carbocycles. The zero-order chi connectivity index (χ0) is 13.3. The third-order valence-corrected chi connectivity index (χ3v) is 3.93. The third-order valence-electron chi connectivity index (χ3n) is 3.93. The Morgan fingerprint density at radius 1 is 1.28 bits per heavy atom. The first-order chi connectivity index (χ1) is 8.47.